The van der Waals surface area contributed by atoms with Gasteiger partial charge in [-0.1, -0.05) is 39.3 Å². The van der Waals surface area contributed by atoms with Crippen molar-refractivity contribution in [3.8, 4) is 0 Å². The number of carbonyl (C=O) groups excluding carboxylic acids is 2. The Balaban J connectivity index is 1.48. The molecule has 4 aliphatic rings. The first-order chi connectivity index (χ1) is 14.7. The van der Waals surface area contributed by atoms with E-state index in [2.05, 4.69) is 26.8 Å². The average molecular weight is 429 g/mol. The van der Waals surface area contributed by atoms with Gasteiger partial charge in [-0.25, -0.2) is 0 Å². The maximum absolute atomic E-state index is 11.9. The van der Waals surface area contributed by atoms with Crippen LogP contribution in [0, 0.1) is 40.4 Å². The zero-order valence-corrected chi connectivity index (χ0v) is 20.5. The van der Waals surface area contributed by atoms with Gasteiger partial charge in [0.15, 0.2) is 0 Å². The fraction of sp³-hybridized carbons (Fsp3) is 0.857. The van der Waals surface area contributed by atoms with Gasteiger partial charge in [-0.05, 0) is 91.8 Å². The Kier molecular flexibility index (Phi) is 6.45. The first-order valence-corrected chi connectivity index (χ1v) is 13.1. The molecule has 0 bridgehead atoms. The number of allylic oxidation sites excluding steroid dienone is 1. The summed E-state index contributed by atoms with van der Waals surface area (Å²) in [6.07, 6.45) is 15.0. The SMILES string of the molecule is CCC(=O)CCC(C)C1CCC2C3CC=C4CC(OC(C)=O)CCC4(C)C3CCC12C. The van der Waals surface area contributed by atoms with Crippen LogP contribution in [0.3, 0.4) is 0 Å². The molecule has 0 radical (unpaired) electrons. The van der Waals surface area contributed by atoms with E-state index in [0.29, 0.717) is 29.0 Å². The molecule has 0 N–H and O–H groups in total. The Hall–Kier alpha value is -1.12. The fourth-order valence-corrected chi connectivity index (χ4v) is 8.70. The van der Waals surface area contributed by atoms with Crippen molar-refractivity contribution < 1.29 is 14.3 Å². The molecule has 3 heteroatoms. The molecule has 0 spiro atoms. The zero-order valence-electron chi connectivity index (χ0n) is 20.5. The predicted octanol–water partition coefficient (Wildman–Crippen LogP) is 6.89. The monoisotopic (exact) mass is 428 g/mol. The van der Waals surface area contributed by atoms with Crippen LogP contribution >= 0.6 is 0 Å². The van der Waals surface area contributed by atoms with Crippen LogP contribution in [0.25, 0.3) is 0 Å². The van der Waals surface area contributed by atoms with Crippen molar-refractivity contribution in [2.24, 2.45) is 40.4 Å². The molecule has 0 aromatic carbocycles. The van der Waals surface area contributed by atoms with Gasteiger partial charge in [0.05, 0.1) is 0 Å². The van der Waals surface area contributed by atoms with Crippen molar-refractivity contribution in [3.63, 3.8) is 0 Å². The summed E-state index contributed by atoms with van der Waals surface area (Å²) >= 11 is 0. The van der Waals surface area contributed by atoms with Crippen LogP contribution in [-0.4, -0.2) is 17.9 Å². The lowest BCUT2D eigenvalue weighted by Gasteiger charge is -2.58. The molecule has 3 fully saturated rings. The molecule has 4 aliphatic carbocycles. The number of esters is 1. The van der Waals surface area contributed by atoms with Gasteiger partial charge < -0.3 is 4.74 Å². The van der Waals surface area contributed by atoms with Crippen molar-refractivity contribution in [1.29, 1.82) is 0 Å². The topological polar surface area (TPSA) is 43.4 Å². The van der Waals surface area contributed by atoms with E-state index in [0.717, 1.165) is 49.4 Å². The summed E-state index contributed by atoms with van der Waals surface area (Å²) in [4.78, 5) is 23.4. The standard InChI is InChI=1S/C28H44O3/c1-6-21(30)9-7-18(2)24-11-12-25-23-10-8-20-17-22(31-19(3)29)13-15-27(20,4)26(23)14-16-28(24,25)5/h8,18,22-26H,6-7,9-17H2,1-5H3. The summed E-state index contributed by atoms with van der Waals surface area (Å²) < 4.78 is 5.59. The lowest BCUT2D eigenvalue weighted by molar-refractivity contribution is -0.148. The zero-order chi connectivity index (χ0) is 22.4. The van der Waals surface area contributed by atoms with Gasteiger partial charge >= 0.3 is 5.97 Å². The molecule has 0 heterocycles. The van der Waals surface area contributed by atoms with E-state index < -0.39 is 0 Å². The van der Waals surface area contributed by atoms with Crippen LogP contribution in [-0.2, 0) is 14.3 Å². The Morgan fingerprint density at radius 3 is 2.61 bits per heavy atom. The number of ketones is 1. The van der Waals surface area contributed by atoms with Crippen LogP contribution in [0.15, 0.2) is 11.6 Å². The molecule has 0 amide bonds. The molecule has 4 rings (SSSR count). The molecule has 0 aliphatic heterocycles. The molecular formula is C28H44O3. The summed E-state index contributed by atoms with van der Waals surface area (Å²) in [5.41, 5.74) is 2.33. The van der Waals surface area contributed by atoms with Gasteiger partial charge in [-0.15, -0.1) is 0 Å². The van der Waals surface area contributed by atoms with Crippen LogP contribution < -0.4 is 0 Å². The van der Waals surface area contributed by atoms with Crippen LogP contribution in [0.2, 0.25) is 0 Å². The number of carbonyl (C=O) groups is 2. The minimum Gasteiger partial charge on any atom is -0.462 e. The first-order valence-electron chi connectivity index (χ1n) is 13.1. The van der Waals surface area contributed by atoms with E-state index >= 15 is 0 Å². The number of fused-ring (bicyclic) bond motifs is 5. The minimum atomic E-state index is -0.136. The normalized spacial score (nSPS) is 42.6. The van der Waals surface area contributed by atoms with E-state index in [-0.39, 0.29) is 12.1 Å². The lowest BCUT2D eigenvalue weighted by atomic mass is 9.47. The summed E-state index contributed by atoms with van der Waals surface area (Å²) in [5.74, 6) is 4.17. The molecular weight excluding hydrogens is 384 g/mol. The van der Waals surface area contributed by atoms with E-state index in [9.17, 15) is 9.59 Å². The Labute approximate surface area is 189 Å². The number of hydrogen-bond donors (Lipinski definition) is 0. The van der Waals surface area contributed by atoms with Gasteiger partial charge in [0.1, 0.15) is 11.9 Å². The second-order valence-corrected chi connectivity index (χ2v) is 11.9. The second kappa shape index (κ2) is 8.67. The molecule has 31 heavy (non-hydrogen) atoms. The van der Waals surface area contributed by atoms with E-state index in [1.54, 1.807) is 5.57 Å². The molecule has 8 unspecified atom stereocenters. The second-order valence-electron chi connectivity index (χ2n) is 11.9. The summed E-state index contributed by atoms with van der Waals surface area (Å²) in [6.45, 7) is 11.1. The smallest absolute Gasteiger partial charge is 0.302 e. The number of Topliss-reactive ketones (excluding diaryl/α,β-unsaturated/α-hetero) is 1. The Bertz CT molecular complexity index is 739. The average Bonchev–Trinajstić information content (AvgIpc) is 3.09. The van der Waals surface area contributed by atoms with Gasteiger partial charge in [-0.3, -0.25) is 9.59 Å². The molecule has 8 atom stereocenters. The van der Waals surface area contributed by atoms with E-state index in [1.165, 1.54) is 45.4 Å². The highest BCUT2D eigenvalue weighted by Gasteiger charge is 2.59. The molecule has 3 nitrogen and oxygen atoms in total. The minimum absolute atomic E-state index is 0.0878. The summed E-state index contributed by atoms with van der Waals surface area (Å²) in [7, 11) is 0. The number of hydrogen-bond acceptors (Lipinski definition) is 3. The third kappa shape index (κ3) is 4.04. The fourth-order valence-electron chi connectivity index (χ4n) is 8.70. The predicted molar refractivity (Wildman–Crippen MR) is 124 cm³/mol. The van der Waals surface area contributed by atoms with Crippen molar-refractivity contribution in [3.05, 3.63) is 11.6 Å². The largest absolute Gasteiger partial charge is 0.462 e. The van der Waals surface area contributed by atoms with Crippen LogP contribution in [0.1, 0.15) is 105 Å². The van der Waals surface area contributed by atoms with Crippen molar-refractivity contribution in [2.75, 3.05) is 0 Å². The maximum Gasteiger partial charge on any atom is 0.302 e. The van der Waals surface area contributed by atoms with Crippen molar-refractivity contribution >= 4 is 11.8 Å². The van der Waals surface area contributed by atoms with E-state index in [4.69, 9.17) is 4.74 Å². The Morgan fingerprint density at radius 1 is 1.13 bits per heavy atom. The van der Waals surface area contributed by atoms with Crippen LogP contribution in [0.4, 0.5) is 0 Å². The molecule has 174 valence electrons. The highest BCUT2D eigenvalue weighted by Crippen LogP contribution is 2.67. The van der Waals surface area contributed by atoms with Crippen molar-refractivity contribution in [1.82, 2.24) is 0 Å². The first kappa shape index (κ1) is 23.1. The van der Waals surface area contributed by atoms with E-state index in [1.807, 2.05) is 6.92 Å². The quantitative estimate of drug-likeness (QED) is 0.342. The molecule has 0 aromatic heterocycles. The Morgan fingerprint density at radius 2 is 1.90 bits per heavy atom. The third-order valence-corrected chi connectivity index (χ3v) is 10.4. The summed E-state index contributed by atoms with van der Waals surface area (Å²) in [5, 5.41) is 0. The van der Waals surface area contributed by atoms with Gasteiger partial charge in [0.2, 0.25) is 0 Å². The number of ether oxygens (including phenoxy) is 1. The number of rotatable bonds is 6. The summed E-state index contributed by atoms with van der Waals surface area (Å²) in [6, 6.07) is 0. The molecule has 0 saturated heterocycles. The lowest BCUT2D eigenvalue weighted by Crippen LogP contribution is -2.51. The highest BCUT2D eigenvalue weighted by molar-refractivity contribution is 5.77. The van der Waals surface area contributed by atoms with Crippen LogP contribution in [0.5, 0.6) is 0 Å². The molecule has 0 aromatic rings. The van der Waals surface area contributed by atoms with Crippen molar-refractivity contribution in [2.45, 2.75) is 111 Å². The third-order valence-electron chi connectivity index (χ3n) is 10.4. The van der Waals surface area contributed by atoms with Gasteiger partial charge in [0, 0.05) is 26.2 Å². The molecule has 3 saturated carbocycles. The maximum atomic E-state index is 11.9. The van der Waals surface area contributed by atoms with Gasteiger partial charge in [-0.2, -0.15) is 0 Å². The van der Waals surface area contributed by atoms with Gasteiger partial charge in [0.25, 0.3) is 0 Å². The highest BCUT2D eigenvalue weighted by atomic mass is 16.5.